The van der Waals surface area contributed by atoms with Gasteiger partial charge < -0.3 is 9.64 Å². The van der Waals surface area contributed by atoms with Crippen LogP contribution in [-0.2, 0) is 4.74 Å². The monoisotopic (exact) mass is 403 g/mol. The van der Waals surface area contributed by atoms with E-state index in [1.54, 1.807) is 29.2 Å². The molecule has 1 saturated heterocycles. The van der Waals surface area contributed by atoms with Crippen LogP contribution < -0.4 is 0 Å². The van der Waals surface area contributed by atoms with Crippen LogP contribution in [0.4, 0.5) is 0 Å². The number of para-hydroxylation sites is 1. The topological polar surface area (TPSA) is 86.3 Å². The van der Waals surface area contributed by atoms with Gasteiger partial charge in [0.1, 0.15) is 10.0 Å². The zero-order chi connectivity index (χ0) is 18.0. The van der Waals surface area contributed by atoms with E-state index < -0.39 is 15.1 Å². The summed E-state index contributed by atoms with van der Waals surface area (Å²) in [6, 6.07) is 7.11. The Balaban J connectivity index is 2.30. The number of morpholine rings is 1. The van der Waals surface area contributed by atoms with Gasteiger partial charge in [-0.25, -0.2) is 0 Å². The molecule has 1 fully saturated rings. The zero-order valence-electron chi connectivity index (χ0n) is 12.7. The first-order valence-electron chi connectivity index (χ1n) is 7.24. The highest BCUT2D eigenvalue weighted by Gasteiger charge is 2.32. The molecule has 8 nitrogen and oxygen atoms in total. The second-order valence-corrected chi connectivity index (χ2v) is 6.42. The Morgan fingerprint density at radius 2 is 1.88 bits per heavy atom. The molecule has 2 aromatic rings. The number of hydrogen-bond donors (Lipinski definition) is 0. The molecule has 1 aromatic carbocycles. The van der Waals surface area contributed by atoms with E-state index in [1.807, 2.05) is 0 Å². The third kappa shape index (κ3) is 3.57. The summed E-state index contributed by atoms with van der Waals surface area (Å²) in [5.74, 6) is 0.144. The van der Waals surface area contributed by atoms with Gasteiger partial charge in [-0.3, -0.25) is 10.1 Å². The van der Waals surface area contributed by atoms with Crippen molar-refractivity contribution in [1.29, 1.82) is 0 Å². The number of hydrogen-bond acceptors (Lipinski definition) is 6. The van der Waals surface area contributed by atoms with Crippen molar-refractivity contribution in [3.05, 3.63) is 49.6 Å². The van der Waals surface area contributed by atoms with Crippen LogP contribution in [-0.4, -0.2) is 51.1 Å². The number of aromatic nitrogens is 3. The van der Waals surface area contributed by atoms with Gasteiger partial charge in [-0.15, -0.1) is 5.10 Å². The molecule has 0 radical (unpaired) electrons. The average Bonchev–Trinajstić information content (AvgIpc) is 3.03. The number of nitro groups is 1. The molecule has 0 saturated carbocycles. The second kappa shape index (κ2) is 7.57. The minimum Gasteiger partial charge on any atom is -0.378 e. The Morgan fingerprint density at radius 3 is 2.52 bits per heavy atom. The van der Waals surface area contributed by atoms with Gasteiger partial charge in [0.2, 0.25) is 5.82 Å². The Bertz CT molecular complexity index is 869. The van der Waals surface area contributed by atoms with Gasteiger partial charge in [0.25, 0.3) is 0 Å². The lowest BCUT2D eigenvalue weighted by Gasteiger charge is -2.30. The molecule has 1 aliphatic heterocycles. The fourth-order valence-corrected chi connectivity index (χ4v) is 2.87. The molecule has 25 heavy (non-hydrogen) atoms. The molecular formula is C14H12Cl3N5O3. The van der Waals surface area contributed by atoms with Crippen LogP contribution in [0.15, 0.2) is 39.5 Å². The molecule has 3 rings (SSSR count). The lowest BCUT2D eigenvalue weighted by Crippen LogP contribution is -2.38. The summed E-state index contributed by atoms with van der Waals surface area (Å²) in [5, 5.41) is 19.5. The summed E-state index contributed by atoms with van der Waals surface area (Å²) < 4.78 is 6.30. The van der Waals surface area contributed by atoms with Crippen molar-refractivity contribution in [2.75, 3.05) is 26.3 Å². The van der Waals surface area contributed by atoms with Crippen LogP contribution in [0, 0.1) is 10.1 Å². The van der Waals surface area contributed by atoms with E-state index in [0.717, 1.165) is 0 Å². The van der Waals surface area contributed by atoms with E-state index >= 15 is 0 Å². The van der Waals surface area contributed by atoms with Crippen LogP contribution in [0.5, 0.6) is 0 Å². The van der Waals surface area contributed by atoms with Crippen molar-refractivity contribution >= 4 is 51.7 Å². The van der Waals surface area contributed by atoms with Gasteiger partial charge in [-0.1, -0.05) is 52.1 Å². The fourth-order valence-electron chi connectivity index (χ4n) is 2.53. The summed E-state index contributed by atoms with van der Waals surface area (Å²) >= 11 is 17.5. The minimum atomic E-state index is -0.631. The maximum absolute atomic E-state index is 11.8. The van der Waals surface area contributed by atoms with Crippen molar-refractivity contribution in [3.8, 4) is 0 Å². The van der Waals surface area contributed by atoms with Crippen LogP contribution in [0.1, 0.15) is 0 Å². The molecule has 0 N–H and O–H groups in total. The number of benzene rings is 1. The van der Waals surface area contributed by atoms with Gasteiger partial charge in [0, 0.05) is 13.1 Å². The van der Waals surface area contributed by atoms with E-state index in [0.29, 0.717) is 37.3 Å². The van der Waals surface area contributed by atoms with Gasteiger partial charge in [-0.2, -0.15) is 4.68 Å². The molecule has 2 heterocycles. The number of halogens is 3. The highest BCUT2D eigenvalue weighted by Crippen LogP contribution is 2.32. The van der Waals surface area contributed by atoms with Crippen molar-refractivity contribution < 1.29 is 9.66 Å². The molecular weight excluding hydrogens is 393 g/mol. The molecule has 0 bridgehead atoms. The zero-order valence-corrected chi connectivity index (χ0v) is 15.0. The van der Waals surface area contributed by atoms with Gasteiger partial charge in [0.05, 0.1) is 23.7 Å². The van der Waals surface area contributed by atoms with Gasteiger partial charge in [-0.05, 0) is 12.1 Å². The molecule has 0 aliphatic carbocycles. The largest absolute Gasteiger partial charge is 0.378 e. The number of nitrogens with zero attached hydrogens (tertiary/aromatic N) is 5. The predicted molar refractivity (Wildman–Crippen MR) is 94.7 cm³/mol. The first-order chi connectivity index (χ1) is 12.0. The second-order valence-electron chi connectivity index (χ2n) is 5.09. The van der Waals surface area contributed by atoms with E-state index in [4.69, 9.17) is 39.5 Å². The molecule has 0 atom stereocenters. The van der Waals surface area contributed by atoms with E-state index in [1.165, 1.54) is 4.68 Å². The number of allylic oxidation sites excluding steroid dienone is 1. The van der Waals surface area contributed by atoms with E-state index in [2.05, 4.69) is 10.3 Å². The summed E-state index contributed by atoms with van der Waals surface area (Å²) in [4.78, 5) is 12.9. The first kappa shape index (κ1) is 17.9. The molecule has 11 heteroatoms. The quantitative estimate of drug-likeness (QED) is 0.442. The fraction of sp³-hybridized carbons (Fsp3) is 0.286. The normalized spacial score (nSPS) is 15.9. The Kier molecular flexibility index (Phi) is 5.43. The van der Waals surface area contributed by atoms with Crippen LogP contribution >= 0.6 is 34.8 Å². The average molecular weight is 405 g/mol. The molecule has 1 aliphatic rings. The lowest BCUT2D eigenvalue weighted by molar-refractivity contribution is -0.419. The standard InChI is InChI=1S/C14H12Cl3N5O3/c15-11(13(16)17)12(22(23)24)14(20-5-7-25-8-6-20)21-10-4-2-1-3-9(10)18-19-21/h1-4H,5-8H2/b14-12+. The van der Waals surface area contributed by atoms with Crippen LogP contribution in [0.25, 0.3) is 16.9 Å². The van der Waals surface area contributed by atoms with Crippen molar-refractivity contribution in [2.45, 2.75) is 0 Å². The smallest absolute Gasteiger partial charge is 0.332 e. The highest BCUT2D eigenvalue weighted by atomic mass is 35.5. The third-order valence-corrected chi connectivity index (χ3v) is 4.57. The Morgan fingerprint density at radius 1 is 1.20 bits per heavy atom. The molecule has 132 valence electrons. The number of rotatable bonds is 4. The highest BCUT2D eigenvalue weighted by molar-refractivity contribution is 6.59. The maximum atomic E-state index is 11.8. The Labute approximate surface area is 157 Å². The Hall–Kier alpha value is -1.87. The van der Waals surface area contributed by atoms with E-state index in [-0.39, 0.29) is 10.9 Å². The lowest BCUT2D eigenvalue weighted by atomic mass is 10.3. The molecule has 0 spiro atoms. The summed E-state index contributed by atoms with van der Waals surface area (Å²) in [6.07, 6.45) is 0. The van der Waals surface area contributed by atoms with Crippen LogP contribution in [0.2, 0.25) is 0 Å². The minimum absolute atomic E-state index is 0.144. The van der Waals surface area contributed by atoms with Crippen molar-refractivity contribution in [1.82, 2.24) is 19.9 Å². The number of ether oxygens (including phenoxy) is 1. The van der Waals surface area contributed by atoms with Crippen molar-refractivity contribution in [2.24, 2.45) is 0 Å². The molecule has 0 unspecified atom stereocenters. The number of fused-ring (bicyclic) bond motifs is 1. The molecule has 0 amide bonds. The van der Waals surface area contributed by atoms with Crippen molar-refractivity contribution in [3.63, 3.8) is 0 Å². The van der Waals surface area contributed by atoms with E-state index in [9.17, 15) is 10.1 Å². The maximum Gasteiger partial charge on any atom is 0.332 e. The van der Waals surface area contributed by atoms with Gasteiger partial charge >= 0.3 is 5.70 Å². The molecule has 1 aromatic heterocycles. The first-order valence-corrected chi connectivity index (χ1v) is 8.37. The summed E-state index contributed by atoms with van der Waals surface area (Å²) in [5.41, 5.74) is 0.741. The SMILES string of the molecule is O=[N+]([O-])/C(C(Cl)=C(Cl)Cl)=C(\N1CCOCC1)n1nnc2ccccc21. The summed E-state index contributed by atoms with van der Waals surface area (Å²) in [7, 11) is 0. The third-order valence-electron chi connectivity index (χ3n) is 3.63. The summed E-state index contributed by atoms with van der Waals surface area (Å²) in [6.45, 7) is 1.67. The van der Waals surface area contributed by atoms with Gasteiger partial charge in [0.15, 0.2) is 5.03 Å². The van der Waals surface area contributed by atoms with Crippen LogP contribution in [0.3, 0.4) is 0 Å². The predicted octanol–water partition coefficient (Wildman–Crippen LogP) is 3.05.